The van der Waals surface area contributed by atoms with Crippen LogP contribution in [0.3, 0.4) is 0 Å². The average molecular weight is 340 g/mol. The zero-order valence-electron chi connectivity index (χ0n) is 14.9. The molecule has 1 fully saturated rings. The summed E-state index contributed by atoms with van der Waals surface area (Å²) < 4.78 is 0. The highest BCUT2D eigenvalue weighted by Crippen LogP contribution is 2.31. The lowest BCUT2D eigenvalue weighted by Crippen LogP contribution is -2.46. The van der Waals surface area contributed by atoms with Gasteiger partial charge in [-0.25, -0.2) is 0 Å². The average Bonchev–Trinajstić information content (AvgIpc) is 2.58. The number of allylic oxidation sites excluding steroid dienone is 1. The van der Waals surface area contributed by atoms with Crippen LogP contribution in [0.1, 0.15) is 38.7 Å². The largest absolute Gasteiger partial charge is 0.481 e. The molecule has 132 valence electrons. The number of carbonyl (C=O) groups excluding carboxylic acids is 1. The second-order valence-corrected chi connectivity index (χ2v) is 7.62. The lowest BCUT2D eigenvalue weighted by molar-refractivity contribution is -0.145. The van der Waals surface area contributed by atoms with Gasteiger partial charge in [0.05, 0.1) is 5.92 Å². The van der Waals surface area contributed by atoms with Gasteiger partial charge in [-0.15, -0.1) is 0 Å². The lowest BCUT2D eigenvalue weighted by atomic mass is 9.84. The minimum absolute atomic E-state index is 0.0467. The molecular formula is C20H24N2O3. The second kappa shape index (κ2) is 7.52. The normalized spacial score (nSPS) is 21.5. The smallest absolute Gasteiger partial charge is 0.308 e. The number of amides is 1. The fourth-order valence-corrected chi connectivity index (χ4v) is 3.16. The number of likely N-dealkylation sites (tertiary alicyclic amines) is 1. The van der Waals surface area contributed by atoms with Crippen molar-refractivity contribution < 1.29 is 14.7 Å². The van der Waals surface area contributed by atoms with Gasteiger partial charge >= 0.3 is 5.97 Å². The maximum Gasteiger partial charge on any atom is 0.308 e. The van der Waals surface area contributed by atoms with Crippen LogP contribution < -0.4 is 0 Å². The molecule has 1 N–H and O–H groups in total. The van der Waals surface area contributed by atoms with Crippen molar-refractivity contribution in [2.45, 2.75) is 33.1 Å². The van der Waals surface area contributed by atoms with Gasteiger partial charge in [0.15, 0.2) is 0 Å². The molecule has 0 saturated carbocycles. The van der Waals surface area contributed by atoms with E-state index in [4.69, 9.17) is 0 Å². The maximum atomic E-state index is 12.8. The van der Waals surface area contributed by atoms with Gasteiger partial charge < -0.3 is 10.0 Å². The molecule has 2 atom stereocenters. The molecule has 2 rings (SSSR count). The van der Waals surface area contributed by atoms with Gasteiger partial charge in [0.1, 0.15) is 11.6 Å². The summed E-state index contributed by atoms with van der Waals surface area (Å²) in [4.78, 5) is 25.9. The minimum atomic E-state index is -0.906. The molecule has 1 aliphatic heterocycles. The van der Waals surface area contributed by atoms with E-state index in [-0.39, 0.29) is 29.4 Å². The van der Waals surface area contributed by atoms with Crippen LogP contribution in [0, 0.1) is 22.7 Å². The van der Waals surface area contributed by atoms with Crippen LogP contribution >= 0.6 is 0 Å². The number of nitriles is 1. The number of hydrogen-bond donors (Lipinski definition) is 1. The van der Waals surface area contributed by atoms with Crippen LogP contribution in [0.4, 0.5) is 0 Å². The van der Waals surface area contributed by atoms with Gasteiger partial charge in [0, 0.05) is 19.0 Å². The number of rotatable bonds is 3. The predicted octanol–water partition coefficient (Wildman–Crippen LogP) is 3.20. The molecule has 0 aliphatic carbocycles. The van der Waals surface area contributed by atoms with Crippen LogP contribution in [0.2, 0.25) is 0 Å². The van der Waals surface area contributed by atoms with Crippen molar-refractivity contribution in [3.63, 3.8) is 0 Å². The number of aliphatic carboxylic acids is 1. The van der Waals surface area contributed by atoms with Crippen molar-refractivity contribution in [1.82, 2.24) is 4.90 Å². The molecule has 0 spiro atoms. The van der Waals surface area contributed by atoms with E-state index in [1.54, 1.807) is 6.08 Å². The molecule has 1 saturated heterocycles. The van der Waals surface area contributed by atoms with Crippen molar-refractivity contribution in [3.8, 4) is 6.07 Å². The Kier molecular flexibility index (Phi) is 5.63. The van der Waals surface area contributed by atoms with Crippen molar-refractivity contribution in [2.24, 2.45) is 11.3 Å². The molecule has 1 aliphatic rings. The van der Waals surface area contributed by atoms with Crippen LogP contribution in [0.25, 0.3) is 0 Å². The summed E-state index contributed by atoms with van der Waals surface area (Å²) in [6.07, 6.45) is 2.14. The monoisotopic (exact) mass is 340 g/mol. The van der Waals surface area contributed by atoms with Crippen LogP contribution in [-0.2, 0) is 9.59 Å². The molecule has 0 bridgehead atoms. The first-order valence-electron chi connectivity index (χ1n) is 8.41. The molecular weight excluding hydrogens is 316 g/mol. The Labute approximate surface area is 148 Å². The lowest BCUT2D eigenvalue weighted by Gasteiger charge is -2.36. The third-order valence-corrected chi connectivity index (χ3v) is 4.29. The van der Waals surface area contributed by atoms with Crippen molar-refractivity contribution in [1.29, 1.82) is 5.26 Å². The van der Waals surface area contributed by atoms with Crippen molar-refractivity contribution in [2.75, 3.05) is 13.1 Å². The van der Waals surface area contributed by atoms with Gasteiger partial charge in [-0.2, -0.15) is 5.26 Å². The molecule has 1 aromatic rings. The minimum Gasteiger partial charge on any atom is -0.481 e. The Bertz CT molecular complexity index is 711. The van der Waals surface area contributed by atoms with E-state index in [1.807, 2.05) is 57.2 Å². The van der Waals surface area contributed by atoms with E-state index in [2.05, 4.69) is 0 Å². The molecule has 0 aromatic heterocycles. The maximum absolute atomic E-state index is 12.8. The Hall–Kier alpha value is -2.61. The fourth-order valence-electron chi connectivity index (χ4n) is 3.16. The summed E-state index contributed by atoms with van der Waals surface area (Å²) in [6.45, 7) is 6.32. The highest BCUT2D eigenvalue weighted by molar-refractivity contribution is 5.97. The Morgan fingerprint density at radius 3 is 2.40 bits per heavy atom. The second-order valence-electron chi connectivity index (χ2n) is 7.62. The van der Waals surface area contributed by atoms with Gasteiger partial charge in [-0.05, 0) is 17.4 Å². The Balaban J connectivity index is 2.29. The standard InChI is InChI=1S/C20H24N2O3/c1-20(2,3)10-17(11-21)18(23)22-12-15(9-16(13-22)19(24)25)14-7-5-4-6-8-14/h4-8,10,15-16H,9,12-13H2,1-3H3,(H,24,25). The topological polar surface area (TPSA) is 81.4 Å². The van der Waals surface area contributed by atoms with Gasteiger partial charge in [0.2, 0.25) is 0 Å². The third kappa shape index (κ3) is 4.93. The van der Waals surface area contributed by atoms with E-state index in [0.717, 1.165) is 5.56 Å². The summed E-state index contributed by atoms with van der Waals surface area (Å²) in [5.41, 5.74) is 0.788. The third-order valence-electron chi connectivity index (χ3n) is 4.29. The van der Waals surface area contributed by atoms with E-state index >= 15 is 0 Å². The van der Waals surface area contributed by atoms with Gasteiger partial charge in [-0.3, -0.25) is 9.59 Å². The molecule has 5 nitrogen and oxygen atoms in total. The van der Waals surface area contributed by atoms with Crippen molar-refractivity contribution >= 4 is 11.9 Å². The number of carboxylic acids is 1. The first-order valence-corrected chi connectivity index (χ1v) is 8.41. The fraction of sp³-hybridized carbons (Fsp3) is 0.450. The number of carbonyl (C=O) groups is 2. The van der Waals surface area contributed by atoms with Crippen LogP contribution in [0.15, 0.2) is 42.0 Å². The first-order chi connectivity index (χ1) is 11.7. The Morgan fingerprint density at radius 2 is 1.88 bits per heavy atom. The zero-order valence-corrected chi connectivity index (χ0v) is 14.9. The number of carboxylic acid groups (broad SMARTS) is 1. The number of nitrogens with zero attached hydrogens (tertiary/aromatic N) is 2. The van der Waals surface area contributed by atoms with E-state index < -0.39 is 11.9 Å². The quantitative estimate of drug-likeness (QED) is 0.677. The zero-order chi connectivity index (χ0) is 18.6. The van der Waals surface area contributed by atoms with E-state index in [1.165, 1.54) is 4.90 Å². The first kappa shape index (κ1) is 18.7. The highest BCUT2D eigenvalue weighted by Gasteiger charge is 2.35. The Morgan fingerprint density at radius 1 is 1.24 bits per heavy atom. The summed E-state index contributed by atoms with van der Waals surface area (Å²) in [6, 6.07) is 11.6. The summed E-state index contributed by atoms with van der Waals surface area (Å²) in [5.74, 6) is -1.96. The molecule has 1 heterocycles. The van der Waals surface area contributed by atoms with E-state index in [9.17, 15) is 20.0 Å². The predicted molar refractivity (Wildman–Crippen MR) is 94.7 cm³/mol. The van der Waals surface area contributed by atoms with Crippen molar-refractivity contribution in [3.05, 3.63) is 47.5 Å². The molecule has 5 heteroatoms. The molecule has 25 heavy (non-hydrogen) atoms. The van der Waals surface area contributed by atoms with Crippen LogP contribution in [0.5, 0.6) is 0 Å². The van der Waals surface area contributed by atoms with Crippen LogP contribution in [-0.4, -0.2) is 35.0 Å². The molecule has 1 amide bonds. The molecule has 2 unspecified atom stereocenters. The van der Waals surface area contributed by atoms with Gasteiger partial charge in [-0.1, -0.05) is 57.2 Å². The molecule has 0 radical (unpaired) electrons. The number of piperidine rings is 1. The number of benzene rings is 1. The molecule has 1 aromatic carbocycles. The highest BCUT2D eigenvalue weighted by atomic mass is 16.4. The van der Waals surface area contributed by atoms with Gasteiger partial charge in [0.25, 0.3) is 5.91 Å². The summed E-state index contributed by atoms with van der Waals surface area (Å²) in [5, 5.41) is 18.8. The van der Waals surface area contributed by atoms with E-state index in [0.29, 0.717) is 13.0 Å². The SMILES string of the molecule is CC(C)(C)C=C(C#N)C(=O)N1CC(C(=O)O)CC(c2ccccc2)C1. The summed E-state index contributed by atoms with van der Waals surface area (Å²) in [7, 11) is 0. The summed E-state index contributed by atoms with van der Waals surface area (Å²) >= 11 is 0. The number of hydrogen-bond acceptors (Lipinski definition) is 3.